The van der Waals surface area contributed by atoms with E-state index in [4.69, 9.17) is 4.74 Å². The van der Waals surface area contributed by atoms with Gasteiger partial charge in [0.25, 0.3) is 0 Å². The van der Waals surface area contributed by atoms with E-state index >= 15 is 0 Å². The van der Waals surface area contributed by atoms with Crippen LogP contribution in [0.15, 0.2) is 12.7 Å². The van der Waals surface area contributed by atoms with Gasteiger partial charge in [0.2, 0.25) is 0 Å². The highest BCUT2D eigenvalue weighted by Gasteiger charge is 2.09. The highest BCUT2D eigenvalue weighted by molar-refractivity contribution is 8.00. The largest absolute Gasteiger partial charge is 0.462 e. The molecule has 0 aliphatic heterocycles. The molecular formula is C9H16O2S. The van der Waals surface area contributed by atoms with Crippen LogP contribution in [0.4, 0.5) is 0 Å². The minimum Gasteiger partial charge on any atom is -0.462 e. The Morgan fingerprint density at radius 2 is 2.17 bits per heavy atom. The van der Waals surface area contributed by atoms with Crippen LogP contribution in [0.5, 0.6) is 0 Å². The van der Waals surface area contributed by atoms with Gasteiger partial charge in [-0.05, 0) is 0 Å². The molecule has 0 aliphatic rings. The summed E-state index contributed by atoms with van der Waals surface area (Å²) in [4.78, 5) is 10.6. The van der Waals surface area contributed by atoms with Crippen molar-refractivity contribution in [3.05, 3.63) is 12.7 Å². The van der Waals surface area contributed by atoms with E-state index in [1.807, 2.05) is 0 Å². The van der Waals surface area contributed by atoms with Crippen LogP contribution in [0.3, 0.4) is 0 Å². The highest BCUT2D eigenvalue weighted by atomic mass is 32.2. The number of carbonyl (C=O) groups is 1. The molecule has 2 nitrogen and oxygen atoms in total. The number of hydrogen-bond donors (Lipinski definition) is 0. The summed E-state index contributed by atoms with van der Waals surface area (Å²) in [5, 5.41) is 0. The molecule has 0 heterocycles. The average molecular weight is 188 g/mol. The monoisotopic (exact) mass is 188 g/mol. The van der Waals surface area contributed by atoms with Crippen molar-refractivity contribution in [3.8, 4) is 0 Å². The third-order valence-corrected chi connectivity index (χ3v) is 2.27. The molecule has 0 aliphatic carbocycles. The SMILES string of the molecule is C=CC(=O)OCCSC(C)(C)C. The Kier molecular flexibility index (Phi) is 5.06. The molecule has 0 fully saturated rings. The van der Waals surface area contributed by atoms with Gasteiger partial charge in [0.1, 0.15) is 6.61 Å². The van der Waals surface area contributed by atoms with Crippen LogP contribution in [0.25, 0.3) is 0 Å². The lowest BCUT2D eigenvalue weighted by Gasteiger charge is -2.16. The van der Waals surface area contributed by atoms with E-state index in [2.05, 4.69) is 27.4 Å². The second-order valence-electron chi connectivity index (χ2n) is 3.33. The van der Waals surface area contributed by atoms with Crippen molar-refractivity contribution in [1.82, 2.24) is 0 Å². The van der Waals surface area contributed by atoms with Gasteiger partial charge >= 0.3 is 5.97 Å². The Hall–Kier alpha value is -0.440. The molecule has 12 heavy (non-hydrogen) atoms. The fourth-order valence-electron chi connectivity index (χ4n) is 0.549. The number of esters is 1. The number of ether oxygens (including phenoxy) is 1. The number of hydrogen-bond acceptors (Lipinski definition) is 3. The maximum Gasteiger partial charge on any atom is 0.330 e. The fourth-order valence-corrected chi connectivity index (χ4v) is 1.33. The Bertz CT molecular complexity index is 158. The lowest BCUT2D eigenvalue weighted by molar-refractivity contribution is -0.137. The summed E-state index contributed by atoms with van der Waals surface area (Å²) >= 11 is 1.77. The molecule has 0 radical (unpaired) electrons. The van der Waals surface area contributed by atoms with Crippen molar-refractivity contribution < 1.29 is 9.53 Å². The summed E-state index contributed by atoms with van der Waals surface area (Å²) in [6, 6.07) is 0. The van der Waals surface area contributed by atoms with E-state index in [0.29, 0.717) is 6.61 Å². The summed E-state index contributed by atoms with van der Waals surface area (Å²) in [6.07, 6.45) is 1.18. The molecule has 0 amide bonds. The van der Waals surface area contributed by atoms with E-state index in [0.717, 1.165) is 5.75 Å². The predicted molar refractivity (Wildman–Crippen MR) is 53.4 cm³/mol. The van der Waals surface area contributed by atoms with Crippen LogP contribution in [-0.4, -0.2) is 23.1 Å². The van der Waals surface area contributed by atoms with Crippen molar-refractivity contribution in [2.75, 3.05) is 12.4 Å². The third kappa shape index (κ3) is 7.66. The zero-order valence-electron chi connectivity index (χ0n) is 7.92. The summed E-state index contributed by atoms with van der Waals surface area (Å²) in [7, 11) is 0. The zero-order valence-corrected chi connectivity index (χ0v) is 8.74. The van der Waals surface area contributed by atoms with Crippen LogP contribution in [0, 0.1) is 0 Å². The van der Waals surface area contributed by atoms with Crippen molar-refractivity contribution in [1.29, 1.82) is 0 Å². The van der Waals surface area contributed by atoms with Gasteiger partial charge in [-0.2, -0.15) is 11.8 Å². The summed E-state index contributed by atoms with van der Waals surface area (Å²) in [5.74, 6) is 0.493. The predicted octanol–water partition coefficient (Wildman–Crippen LogP) is 2.25. The van der Waals surface area contributed by atoms with Gasteiger partial charge in [-0.3, -0.25) is 0 Å². The molecule has 0 aromatic heterocycles. The molecule has 0 aromatic carbocycles. The van der Waals surface area contributed by atoms with E-state index in [1.54, 1.807) is 11.8 Å². The van der Waals surface area contributed by atoms with Gasteiger partial charge in [0.15, 0.2) is 0 Å². The van der Waals surface area contributed by atoms with Crippen molar-refractivity contribution in [2.24, 2.45) is 0 Å². The van der Waals surface area contributed by atoms with Crippen molar-refractivity contribution >= 4 is 17.7 Å². The van der Waals surface area contributed by atoms with Gasteiger partial charge in [-0.15, -0.1) is 0 Å². The minimum atomic E-state index is -0.343. The van der Waals surface area contributed by atoms with Crippen molar-refractivity contribution in [3.63, 3.8) is 0 Å². The van der Waals surface area contributed by atoms with Gasteiger partial charge in [-0.25, -0.2) is 4.79 Å². The zero-order chi connectivity index (χ0) is 9.61. The number of thioether (sulfide) groups is 1. The van der Waals surface area contributed by atoms with Gasteiger partial charge in [0.05, 0.1) is 0 Å². The molecule has 0 atom stereocenters. The van der Waals surface area contributed by atoms with Gasteiger partial charge < -0.3 is 4.74 Å². The van der Waals surface area contributed by atoms with Crippen LogP contribution in [0.2, 0.25) is 0 Å². The molecule has 3 heteroatoms. The van der Waals surface area contributed by atoms with E-state index < -0.39 is 0 Å². The molecule has 0 N–H and O–H groups in total. The van der Waals surface area contributed by atoms with Crippen molar-refractivity contribution in [2.45, 2.75) is 25.5 Å². The first kappa shape index (κ1) is 11.6. The topological polar surface area (TPSA) is 26.3 Å². The summed E-state index contributed by atoms with van der Waals surface area (Å²) in [5.41, 5.74) is 0. The Labute approximate surface area is 78.4 Å². The van der Waals surface area contributed by atoms with Gasteiger partial charge in [0, 0.05) is 16.6 Å². The van der Waals surface area contributed by atoms with E-state index in [1.165, 1.54) is 6.08 Å². The molecular weight excluding hydrogens is 172 g/mol. The molecule has 0 aromatic rings. The Morgan fingerprint density at radius 1 is 1.58 bits per heavy atom. The van der Waals surface area contributed by atoms with Crippen LogP contribution in [0.1, 0.15) is 20.8 Å². The summed E-state index contributed by atoms with van der Waals surface area (Å²) < 4.78 is 5.05. The summed E-state index contributed by atoms with van der Waals surface area (Å²) in [6.45, 7) is 10.2. The molecule has 0 spiro atoms. The molecule has 0 saturated heterocycles. The maximum absolute atomic E-state index is 10.6. The maximum atomic E-state index is 10.6. The second kappa shape index (κ2) is 5.25. The molecule has 0 unspecified atom stereocenters. The van der Waals surface area contributed by atoms with E-state index in [-0.39, 0.29) is 10.7 Å². The second-order valence-corrected chi connectivity index (χ2v) is 5.25. The average Bonchev–Trinajstić information content (AvgIpc) is 1.96. The molecule has 70 valence electrons. The first-order valence-corrected chi connectivity index (χ1v) is 4.87. The smallest absolute Gasteiger partial charge is 0.330 e. The highest BCUT2D eigenvalue weighted by Crippen LogP contribution is 2.22. The third-order valence-electron chi connectivity index (χ3n) is 1.03. The number of rotatable bonds is 4. The van der Waals surface area contributed by atoms with Crippen LogP contribution in [-0.2, 0) is 9.53 Å². The molecule has 0 saturated carbocycles. The Morgan fingerprint density at radius 3 is 2.58 bits per heavy atom. The Balaban J connectivity index is 3.34. The quantitative estimate of drug-likeness (QED) is 0.384. The normalized spacial score (nSPS) is 10.9. The molecule has 0 rings (SSSR count). The van der Waals surface area contributed by atoms with Crippen LogP contribution < -0.4 is 0 Å². The minimum absolute atomic E-state index is 0.237. The lowest BCUT2D eigenvalue weighted by atomic mass is 10.3. The fraction of sp³-hybridized carbons (Fsp3) is 0.667. The van der Waals surface area contributed by atoms with Gasteiger partial charge in [-0.1, -0.05) is 27.4 Å². The lowest BCUT2D eigenvalue weighted by Crippen LogP contribution is -2.12. The standard InChI is InChI=1S/C9H16O2S/c1-5-8(10)11-6-7-12-9(2,3)4/h5H,1,6-7H2,2-4H3. The van der Waals surface area contributed by atoms with E-state index in [9.17, 15) is 4.79 Å². The first-order chi connectivity index (χ1) is 5.45. The molecule has 0 bridgehead atoms. The number of carbonyl (C=O) groups excluding carboxylic acids is 1. The first-order valence-electron chi connectivity index (χ1n) is 3.89. The van der Waals surface area contributed by atoms with Crippen LogP contribution >= 0.6 is 11.8 Å².